The first-order valence-electron chi connectivity index (χ1n) is 18.5. The van der Waals surface area contributed by atoms with Crippen molar-refractivity contribution in [1.29, 1.82) is 0 Å². The highest BCUT2D eigenvalue weighted by Gasteiger charge is 2.65. The van der Waals surface area contributed by atoms with E-state index in [1.807, 2.05) is 83.1 Å². The number of rotatable bonds is 10. The van der Waals surface area contributed by atoms with Crippen molar-refractivity contribution in [1.82, 2.24) is 15.1 Å². The summed E-state index contributed by atoms with van der Waals surface area (Å²) in [6.07, 6.45) is 3.79. The number of hydrogen-bond donors (Lipinski definition) is 1. The fourth-order valence-electron chi connectivity index (χ4n) is 7.29. The number of sulfonamides is 1. The second-order valence-electron chi connectivity index (χ2n) is 17.6. The van der Waals surface area contributed by atoms with Crippen molar-refractivity contribution in [3.05, 3.63) is 30.0 Å². The number of fused-ring (bicyclic) bond motifs is 1. The predicted molar refractivity (Wildman–Crippen MR) is 210 cm³/mol. The average Bonchev–Trinajstić information content (AvgIpc) is 3.82. The van der Waals surface area contributed by atoms with E-state index in [1.165, 1.54) is 11.4 Å². The molecule has 3 saturated heterocycles. The van der Waals surface area contributed by atoms with E-state index in [-0.39, 0.29) is 17.5 Å². The van der Waals surface area contributed by atoms with Crippen molar-refractivity contribution in [3.8, 4) is 11.5 Å². The standard InChI is InChI=1S/C36H55B3N4O10S/c1-22(2)43-25(16-19-41-43)29-28(30(44)40-13)23-20-24(26(21-27(23)47-29)42(14)54(15,45)46)37-48-33(7,8)35(11,52-37)17-18-36(12)34(9,10)51-39(53-36)38-49-31(3,4)32(5,6)50-38/h16,19-22H,17-18H2,1-15H3,(H,40,44). The van der Waals surface area contributed by atoms with Gasteiger partial charge in [0.15, 0.2) is 5.76 Å². The van der Waals surface area contributed by atoms with Crippen molar-refractivity contribution < 1.29 is 45.6 Å². The molecular weight excluding hydrogens is 713 g/mol. The molecule has 1 N–H and O–H groups in total. The monoisotopic (exact) mass is 768 g/mol. The molecule has 2 unspecified atom stereocenters. The van der Waals surface area contributed by atoms with E-state index >= 15 is 0 Å². The highest BCUT2D eigenvalue weighted by atomic mass is 32.2. The molecule has 294 valence electrons. The van der Waals surface area contributed by atoms with Crippen LogP contribution >= 0.6 is 0 Å². The lowest BCUT2D eigenvalue weighted by atomic mass is 9.49. The van der Waals surface area contributed by atoms with Crippen LogP contribution in [-0.4, -0.2) is 99.2 Å². The van der Waals surface area contributed by atoms with Gasteiger partial charge in [-0.15, -0.1) is 0 Å². The fourth-order valence-corrected chi connectivity index (χ4v) is 7.81. The molecule has 14 nitrogen and oxygen atoms in total. The maximum atomic E-state index is 13.6. The van der Waals surface area contributed by atoms with E-state index in [2.05, 4.69) is 10.4 Å². The number of nitrogens with zero attached hydrogens (tertiary/aromatic N) is 3. The SMILES string of the molecule is CNC(=O)c1c(-c2ccnn2C(C)C)oc2cc(N(C)S(C)(=O)=O)c(B3OC(C)(C)C(C)(CCC4(C)OB(B5OC(C)(C)C(C)(C)O5)OC4(C)C)O3)cc12. The van der Waals surface area contributed by atoms with Gasteiger partial charge < -0.3 is 37.7 Å². The Morgan fingerprint density at radius 1 is 0.852 bits per heavy atom. The largest absolute Gasteiger partial charge is 0.497 e. The maximum absolute atomic E-state index is 13.6. The molecule has 18 heteroatoms. The minimum atomic E-state index is -3.75. The average molecular weight is 768 g/mol. The molecule has 5 heterocycles. The van der Waals surface area contributed by atoms with Crippen molar-refractivity contribution in [2.45, 2.75) is 136 Å². The van der Waals surface area contributed by atoms with Crippen LogP contribution in [0.1, 0.15) is 112 Å². The van der Waals surface area contributed by atoms with Gasteiger partial charge >= 0.3 is 21.1 Å². The van der Waals surface area contributed by atoms with Crippen LogP contribution in [0.25, 0.3) is 22.4 Å². The number of benzene rings is 1. The predicted octanol–water partition coefficient (Wildman–Crippen LogP) is 4.94. The van der Waals surface area contributed by atoms with Gasteiger partial charge in [-0.05, 0) is 108 Å². The van der Waals surface area contributed by atoms with Gasteiger partial charge in [0.05, 0.1) is 51.1 Å². The number of furan rings is 1. The van der Waals surface area contributed by atoms with Gasteiger partial charge in [0.2, 0.25) is 10.0 Å². The number of aromatic nitrogens is 2. The summed E-state index contributed by atoms with van der Waals surface area (Å²) in [6, 6.07) is 5.12. The lowest BCUT2D eigenvalue weighted by Crippen LogP contribution is -2.50. The third-order valence-electron chi connectivity index (χ3n) is 12.4. The van der Waals surface area contributed by atoms with Gasteiger partial charge in [-0.1, -0.05) is 0 Å². The zero-order chi connectivity index (χ0) is 40.2. The number of anilines is 1. The van der Waals surface area contributed by atoms with Crippen LogP contribution in [-0.2, 0) is 37.9 Å². The van der Waals surface area contributed by atoms with Crippen LogP contribution in [0.3, 0.4) is 0 Å². The molecule has 54 heavy (non-hydrogen) atoms. The zero-order valence-electron chi connectivity index (χ0n) is 34.4. The van der Waals surface area contributed by atoms with Gasteiger partial charge in [0.1, 0.15) is 11.3 Å². The van der Waals surface area contributed by atoms with Crippen LogP contribution in [0.4, 0.5) is 5.69 Å². The van der Waals surface area contributed by atoms with Gasteiger partial charge in [0, 0.05) is 43.2 Å². The third-order valence-corrected chi connectivity index (χ3v) is 13.6. The van der Waals surface area contributed by atoms with E-state index in [9.17, 15) is 13.2 Å². The summed E-state index contributed by atoms with van der Waals surface area (Å²) >= 11 is 0. The molecule has 0 spiro atoms. The number of carbonyl (C=O) groups excluding carboxylic acids is 1. The van der Waals surface area contributed by atoms with E-state index in [0.717, 1.165) is 6.26 Å². The van der Waals surface area contributed by atoms with Gasteiger partial charge in [0.25, 0.3) is 5.91 Å². The number of amides is 1. The topological polar surface area (TPSA) is 153 Å². The van der Waals surface area contributed by atoms with Crippen LogP contribution in [0.2, 0.25) is 0 Å². The first kappa shape index (κ1) is 40.8. The number of carbonyl (C=O) groups is 1. The summed E-state index contributed by atoms with van der Waals surface area (Å²) in [5.74, 6) is -0.0603. The number of nitrogens with one attached hydrogen (secondary N) is 1. The first-order valence-corrected chi connectivity index (χ1v) is 20.4. The summed E-state index contributed by atoms with van der Waals surface area (Å²) < 4.78 is 74.7. The molecule has 1 aromatic carbocycles. The fraction of sp³-hybridized carbons (Fsp3) is 0.667. The molecular formula is C36H55B3N4O10S. The highest BCUT2D eigenvalue weighted by Crippen LogP contribution is 2.49. The number of hydrogen-bond acceptors (Lipinski definition) is 11. The van der Waals surface area contributed by atoms with Gasteiger partial charge in [-0.25, -0.2) is 8.42 Å². The molecule has 2 aromatic heterocycles. The third kappa shape index (κ3) is 6.62. The van der Waals surface area contributed by atoms with E-state index in [0.29, 0.717) is 46.4 Å². The van der Waals surface area contributed by atoms with Crippen LogP contribution in [0.5, 0.6) is 0 Å². The molecule has 0 bridgehead atoms. The normalized spacial score (nSPS) is 26.0. The Balaban J connectivity index is 1.36. The molecule has 3 aliphatic heterocycles. The Morgan fingerprint density at radius 2 is 1.39 bits per heavy atom. The molecule has 6 rings (SSSR count). The van der Waals surface area contributed by atoms with Gasteiger partial charge in [-0.2, -0.15) is 5.10 Å². The van der Waals surface area contributed by atoms with E-state index in [1.54, 1.807) is 36.1 Å². The molecule has 2 atom stereocenters. The van der Waals surface area contributed by atoms with E-state index in [4.69, 9.17) is 32.3 Å². The Morgan fingerprint density at radius 3 is 1.94 bits per heavy atom. The summed E-state index contributed by atoms with van der Waals surface area (Å²) in [4.78, 5) is 13.6. The summed E-state index contributed by atoms with van der Waals surface area (Å²) in [6.45, 7) is 23.9. The van der Waals surface area contributed by atoms with Crippen LogP contribution < -0.4 is 15.1 Å². The molecule has 1 amide bonds. The molecule has 0 aliphatic carbocycles. The van der Waals surface area contributed by atoms with Gasteiger partial charge in [-0.3, -0.25) is 13.8 Å². The van der Waals surface area contributed by atoms with Crippen molar-refractivity contribution in [2.75, 3.05) is 24.7 Å². The lowest BCUT2D eigenvalue weighted by molar-refractivity contribution is -0.0576. The minimum absolute atomic E-state index is 0.0213. The van der Waals surface area contributed by atoms with Crippen LogP contribution in [0, 0.1) is 0 Å². The Hall–Kier alpha value is -2.86. The quantitative estimate of drug-likeness (QED) is 0.280. The second-order valence-corrected chi connectivity index (χ2v) is 19.6. The lowest BCUT2D eigenvalue weighted by Gasteiger charge is -2.42. The van der Waals surface area contributed by atoms with Crippen molar-refractivity contribution in [2.24, 2.45) is 0 Å². The Kier molecular flexibility index (Phi) is 9.90. The highest BCUT2D eigenvalue weighted by molar-refractivity contribution is 7.92. The van der Waals surface area contributed by atoms with Crippen LogP contribution in [0.15, 0.2) is 28.8 Å². The Labute approximate surface area is 320 Å². The summed E-state index contributed by atoms with van der Waals surface area (Å²) in [5.41, 5.74) is -2.36. The first-order chi connectivity index (χ1) is 24.7. The van der Waals surface area contributed by atoms with Crippen molar-refractivity contribution >= 4 is 59.2 Å². The summed E-state index contributed by atoms with van der Waals surface area (Å²) in [7, 11) is -3.19. The molecule has 3 fully saturated rings. The molecule has 3 aliphatic rings. The maximum Gasteiger partial charge on any atom is 0.497 e. The zero-order valence-corrected chi connectivity index (χ0v) is 35.2. The molecule has 0 saturated carbocycles. The smallest absolute Gasteiger partial charge is 0.453 e. The Bertz CT molecular complexity index is 2050. The summed E-state index contributed by atoms with van der Waals surface area (Å²) in [5, 5.41) is 7.65. The minimum Gasteiger partial charge on any atom is -0.453 e. The molecule has 0 radical (unpaired) electrons. The molecule has 3 aromatic rings. The van der Waals surface area contributed by atoms with Crippen molar-refractivity contribution in [3.63, 3.8) is 0 Å². The second kappa shape index (κ2) is 13.1. The van der Waals surface area contributed by atoms with E-state index < -0.39 is 64.8 Å².